The third kappa shape index (κ3) is 9.70. The molecule has 0 aliphatic heterocycles. The molecule has 0 spiro atoms. The summed E-state index contributed by atoms with van der Waals surface area (Å²) in [5, 5.41) is 0. The van der Waals surface area contributed by atoms with Crippen molar-refractivity contribution < 1.29 is 0 Å². The number of benzene rings is 2. The first kappa shape index (κ1) is 23.6. The molecule has 0 aromatic heterocycles. The average molecular weight is 401 g/mol. The summed E-state index contributed by atoms with van der Waals surface area (Å²) in [7, 11) is 0. The van der Waals surface area contributed by atoms with Crippen LogP contribution in [0.2, 0.25) is 0 Å². The molecule has 0 fully saturated rings. The molecule has 0 bridgehead atoms. The minimum Gasteiger partial charge on any atom is -0.255 e. The van der Waals surface area contributed by atoms with E-state index in [-0.39, 0.29) is 0 Å². The lowest BCUT2D eigenvalue weighted by atomic mass is 10.1. The molecule has 2 heteroatoms. The largest absolute Gasteiger partial charge is 0.255 e. The van der Waals surface area contributed by atoms with Crippen LogP contribution in [0.15, 0.2) is 52.4 Å². The van der Waals surface area contributed by atoms with Gasteiger partial charge in [0, 0.05) is 25.3 Å². The van der Waals surface area contributed by atoms with Gasteiger partial charge in [-0.25, -0.2) is 0 Å². The van der Waals surface area contributed by atoms with Crippen molar-refractivity contribution >= 4 is 23.8 Å². The van der Waals surface area contributed by atoms with Gasteiger partial charge >= 0.3 is 0 Å². The Hall–Kier alpha value is -2.66. The Morgan fingerprint density at radius 3 is 2.23 bits per heavy atom. The summed E-state index contributed by atoms with van der Waals surface area (Å²) in [6.07, 6.45) is 14.4. The molecule has 0 N–H and O–H groups in total. The molecule has 158 valence electrons. The molecule has 0 aliphatic carbocycles. The van der Waals surface area contributed by atoms with Crippen LogP contribution in [0.5, 0.6) is 0 Å². The monoisotopic (exact) mass is 400 g/mol. The topological polar surface area (TPSA) is 24.7 Å². The molecule has 30 heavy (non-hydrogen) atoms. The maximum atomic E-state index is 4.61. The number of rotatable bonds is 11. The first-order valence-corrected chi connectivity index (χ1v) is 11.4. The van der Waals surface area contributed by atoms with Crippen molar-refractivity contribution in [1.82, 2.24) is 0 Å². The number of para-hydroxylation sites is 1. The third-order valence-electron chi connectivity index (χ3n) is 5.00. The van der Waals surface area contributed by atoms with E-state index in [1.165, 1.54) is 55.2 Å². The molecule has 0 aliphatic rings. The van der Waals surface area contributed by atoms with Gasteiger partial charge in [-0.15, -0.1) is 11.8 Å². The maximum Gasteiger partial charge on any atom is 0.0662 e. The van der Waals surface area contributed by atoms with Crippen molar-refractivity contribution in [3.05, 3.63) is 59.2 Å². The zero-order valence-corrected chi connectivity index (χ0v) is 19.0. The standard InChI is InChI=1S/C28H36N2/c1-4-5-6-7-8-9-10-11-12-13-16-26-17-14-15-18-28(26)30-20-19-29-27-22-24(2)21-25(3)23-27/h14-15,17-23H,4-10,13,16H2,1-3H3. The lowest BCUT2D eigenvalue weighted by Gasteiger charge is -2.02. The van der Waals surface area contributed by atoms with Crippen LogP contribution in [0.25, 0.3) is 0 Å². The molecule has 2 nitrogen and oxygen atoms in total. The lowest BCUT2D eigenvalue weighted by molar-refractivity contribution is 0.614. The summed E-state index contributed by atoms with van der Waals surface area (Å²) in [4.78, 5) is 9.11. The highest BCUT2D eigenvalue weighted by molar-refractivity contribution is 6.17. The Morgan fingerprint density at radius 2 is 1.43 bits per heavy atom. The van der Waals surface area contributed by atoms with Crippen molar-refractivity contribution in [2.24, 2.45) is 9.98 Å². The van der Waals surface area contributed by atoms with E-state index < -0.39 is 0 Å². The normalized spacial score (nSPS) is 11.2. The van der Waals surface area contributed by atoms with E-state index in [0.29, 0.717) is 0 Å². The molecule has 0 unspecified atom stereocenters. The van der Waals surface area contributed by atoms with Crippen molar-refractivity contribution in [2.75, 3.05) is 0 Å². The molecular formula is C28H36N2. The second-order valence-electron chi connectivity index (χ2n) is 7.90. The average Bonchev–Trinajstić information content (AvgIpc) is 2.73. The highest BCUT2D eigenvalue weighted by Crippen LogP contribution is 2.20. The second kappa shape index (κ2) is 14.3. The first-order chi connectivity index (χ1) is 14.7. The van der Waals surface area contributed by atoms with Crippen LogP contribution >= 0.6 is 0 Å². The number of unbranched alkanes of at least 4 members (excludes halogenated alkanes) is 6. The van der Waals surface area contributed by atoms with Gasteiger partial charge < -0.3 is 0 Å². The highest BCUT2D eigenvalue weighted by atomic mass is 14.8. The molecule has 0 saturated heterocycles. The molecule has 0 heterocycles. The fraction of sp³-hybridized carbons (Fsp3) is 0.429. The van der Waals surface area contributed by atoms with E-state index in [0.717, 1.165) is 30.6 Å². The number of hydrogen-bond acceptors (Lipinski definition) is 2. The minimum atomic E-state index is 0.888. The third-order valence-corrected chi connectivity index (χ3v) is 5.00. The summed E-state index contributed by atoms with van der Waals surface area (Å²) >= 11 is 0. The van der Waals surface area contributed by atoms with Crippen LogP contribution in [0.3, 0.4) is 0 Å². The SMILES string of the molecule is CCCCCCCCC#CCCc1ccccc1N=CC=Nc1cc(C)cc(C)c1. The van der Waals surface area contributed by atoms with Crippen molar-refractivity contribution in [3.8, 4) is 11.8 Å². The van der Waals surface area contributed by atoms with E-state index >= 15 is 0 Å². The minimum absolute atomic E-state index is 0.888. The Morgan fingerprint density at radius 1 is 0.767 bits per heavy atom. The second-order valence-corrected chi connectivity index (χ2v) is 7.90. The van der Waals surface area contributed by atoms with Crippen LogP contribution in [-0.4, -0.2) is 12.4 Å². The van der Waals surface area contributed by atoms with Crippen LogP contribution < -0.4 is 0 Å². The molecule has 0 saturated carbocycles. The van der Waals surface area contributed by atoms with Crippen LogP contribution in [0.1, 0.15) is 75.0 Å². The summed E-state index contributed by atoms with van der Waals surface area (Å²) in [6.45, 7) is 6.44. The predicted octanol–water partition coefficient (Wildman–Crippen LogP) is 8.09. The van der Waals surface area contributed by atoms with E-state index in [2.05, 4.69) is 79.0 Å². The Labute approximate surface area is 183 Å². The van der Waals surface area contributed by atoms with Crippen molar-refractivity contribution in [2.45, 2.75) is 78.6 Å². The summed E-state index contributed by atoms with van der Waals surface area (Å²) in [5.74, 6) is 6.67. The maximum absolute atomic E-state index is 4.61. The van der Waals surface area contributed by atoms with Gasteiger partial charge in [0.15, 0.2) is 0 Å². The summed E-state index contributed by atoms with van der Waals surface area (Å²) in [6, 6.07) is 14.6. The van der Waals surface area contributed by atoms with Gasteiger partial charge in [-0.3, -0.25) is 9.98 Å². The Balaban J connectivity index is 1.79. The van der Waals surface area contributed by atoms with Crippen molar-refractivity contribution in [1.29, 1.82) is 0 Å². The van der Waals surface area contributed by atoms with Gasteiger partial charge in [-0.05, 0) is 61.6 Å². The number of hydrogen-bond donors (Lipinski definition) is 0. The van der Waals surface area contributed by atoms with E-state index in [1.54, 1.807) is 12.4 Å². The lowest BCUT2D eigenvalue weighted by Crippen LogP contribution is -1.86. The van der Waals surface area contributed by atoms with Gasteiger partial charge in [0.2, 0.25) is 0 Å². The van der Waals surface area contributed by atoms with Crippen LogP contribution in [0.4, 0.5) is 11.4 Å². The van der Waals surface area contributed by atoms with Gasteiger partial charge in [-0.1, -0.05) is 63.3 Å². The van der Waals surface area contributed by atoms with Crippen molar-refractivity contribution in [3.63, 3.8) is 0 Å². The summed E-state index contributed by atoms with van der Waals surface area (Å²) in [5.41, 5.74) is 5.65. The van der Waals surface area contributed by atoms with E-state index in [1.807, 2.05) is 6.07 Å². The zero-order valence-electron chi connectivity index (χ0n) is 19.0. The molecule has 2 aromatic carbocycles. The quantitative estimate of drug-likeness (QED) is 0.207. The Kier molecular flexibility index (Phi) is 11.3. The zero-order chi connectivity index (χ0) is 21.4. The Bertz CT molecular complexity index is 861. The van der Waals surface area contributed by atoms with Gasteiger partial charge in [-0.2, -0.15) is 0 Å². The number of aliphatic imine (C=N–C) groups is 2. The number of aryl methyl sites for hydroxylation is 3. The molecule has 2 rings (SSSR count). The van der Waals surface area contributed by atoms with Crippen LogP contribution in [-0.2, 0) is 6.42 Å². The van der Waals surface area contributed by atoms with E-state index in [4.69, 9.17) is 0 Å². The van der Waals surface area contributed by atoms with Gasteiger partial charge in [0.1, 0.15) is 0 Å². The summed E-state index contributed by atoms with van der Waals surface area (Å²) < 4.78 is 0. The number of nitrogens with zero attached hydrogens (tertiary/aromatic N) is 2. The first-order valence-electron chi connectivity index (χ1n) is 11.4. The highest BCUT2D eigenvalue weighted by Gasteiger charge is 1.98. The fourth-order valence-electron chi connectivity index (χ4n) is 3.47. The van der Waals surface area contributed by atoms with Crippen LogP contribution in [0, 0.1) is 25.7 Å². The molecule has 0 radical (unpaired) electrons. The molecular weight excluding hydrogens is 364 g/mol. The molecule has 2 aromatic rings. The smallest absolute Gasteiger partial charge is 0.0662 e. The predicted molar refractivity (Wildman–Crippen MR) is 133 cm³/mol. The fourth-order valence-corrected chi connectivity index (χ4v) is 3.47. The molecule has 0 amide bonds. The van der Waals surface area contributed by atoms with Gasteiger partial charge in [0.25, 0.3) is 0 Å². The van der Waals surface area contributed by atoms with Gasteiger partial charge in [0.05, 0.1) is 11.4 Å². The molecule has 0 atom stereocenters. The van der Waals surface area contributed by atoms with E-state index in [9.17, 15) is 0 Å².